The Morgan fingerprint density at radius 1 is 1.21 bits per heavy atom. The first-order chi connectivity index (χ1) is 14.0. The highest BCUT2D eigenvalue weighted by molar-refractivity contribution is 6.30. The van der Waals surface area contributed by atoms with E-state index in [1.165, 1.54) is 38.5 Å². The Morgan fingerprint density at radius 3 is 2.55 bits per heavy atom. The Hall–Kier alpha value is -1.88. The summed E-state index contributed by atoms with van der Waals surface area (Å²) in [7, 11) is 1.90. The number of carbonyl (C=O) groups excluding carboxylic acids is 1. The highest BCUT2D eigenvalue weighted by atomic mass is 35.5. The summed E-state index contributed by atoms with van der Waals surface area (Å²) in [4.78, 5) is 14.7. The third kappa shape index (κ3) is 3.94. The zero-order chi connectivity index (χ0) is 20.0. The van der Waals surface area contributed by atoms with E-state index in [0.717, 1.165) is 36.3 Å². The van der Waals surface area contributed by atoms with E-state index in [-0.39, 0.29) is 5.91 Å². The fraction of sp³-hybridized carbons (Fsp3) is 0.609. The Bertz CT molecular complexity index is 873. The zero-order valence-electron chi connectivity index (χ0n) is 17.1. The van der Waals surface area contributed by atoms with Gasteiger partial charge in [-0.1, -0.05) is 28.9 Å². The summed E-state index contributed by atoms with van der Waals surface area (Å²) in [5, 5.41) is 8.95. The SMILES string of the molecule is CN(CCC12CC3CC(CC(C3)C1)C2)C(=O)c1cn(Cc2cccc(Cl)c2)nn1. The maximum atomic E-state index is 12.9. The predicted molar refractivity (Wildman–Crippen MR) is 113 cm³/mol. The number of benzene rings is 1. The molecule has 154 valence electrons. The summed E-state index contributed by atoms with van der Waals surface area (Å²) in [6.45, 7) is 1.37. The van der Waals surface area contributed by atoms with Crippen LogP contribution in [0.3, 0.4) is 0 Å². The normalized spacial score (nSPS) is 29.9. The average Bonchev–Trinajstić information content (AvgIpc) is 3.13. The summed E-state index contributed by atoms with van der Waals surface area (Å²) in [5.74, 6) is 2.82. The Labute approximate surface area is 177 Å². The van der Waals surface area contributed by atoms with Crippen molar-refractivity contribution in [2.45, 2.75) is 51.5 Å². The molecule has 4 aliphatic carbocycles. The largest absolute Gasteiger partial charge is 0.340 e. The van der Waals surface area contributed by atoms with Gasteiger partial charge in [0.1, 0.15) is 0 Å². The Morgan fingerprint density at radius 2 is 1.90 bits per heavy atom. The van der Waals surface area contributed by atoms with Gasteiger partial charge < -0.3 is 4.90 Å². The van der Waals surface area contributed by atoms with Crippen LogP contribution in [0.15, 0.2) is 30.5 Å². The monoisotopic (exact) mass is 412 g/mol. The van der Waals surface area contributed by atoms with Gasteiger partial charge >= 0.3 is 0 Å². The van der Waals surface area contributed by atoms with Crippen LogP contribution in [-0.4, -0.2) is 39.4 Å². The van der Waals surface area contributed by atoms with Gasteiger partial charge in [0.2, 0.25) is 0 Å². The van der Waals surface area contributed by atoms with Crippen molar-refractivity contribution < 1.29 is 4.79 Å². The predicted octanol–water partition coefficient (Wildman–Crippen LogP) is 4.66. The molecule has 1 heterocycles. The van der Waals surface area contributed by atoms with E-state index in [2.05, 4.69) is 10.3 Å². The molecule has 0 saturated heterocycles. The standard InChI is InChI=1S/C23H29ClN4O/c1-27(6-5-23-11-17-7-18(12-23)9-19(8-17)13-23)22(29)21-15-28(26-25-21)14-16-3-2-4-20(24)10-16/h2-4,10,15,17-19H,5-9,11-14H2,1H3. The number of amides is 1. The van der Waals surface area contributed by atoms with Crippen molar-refractivity contribution in [1.29, 1.82) is 0 Å². The van der Waals surface area contributed by atoms with Crippen molar-refractivity contribution in [3.63, 3.8) is 0 Å². The van der Waals surface area contributed by atoms with Gasteiger partial charge in [-0.05, 0) is 85.8 Å². The fourth-order valence-corrected chi connectivity index (χ4v) is 6.81. The van der Waals surface area contributed by atoms with Crippen molar-refractivity contribution in [3.8, 4) is 0 Å². The number of nitrogens with zero attached hydrogens (tertiary/aromatic N) is 4. The van der Waals surface area contributed by atoms with Crippen molar-refractivity contribution in [3.05, 3.63) is 46.7 Å². The van der Waals surface area contributed by atoms with E-state index in [9.17, 15) is 4.79 Å². The van der Waals surface area contributed by atoms with Gasteiger partial charge in [-0.3, -0.25) is 4.79 Å². The first-order valence-corrected chi connectivity index (χ1v) is 11.3. The lowest BCUT2D eigenvalue weighted by atomic mass is 9.49. The minimum absolute atomic E-state index is 0.0351. The van der Waals surface area contributed by atoms with Crippen molar-refractivity contribution >= 4 is 17.5 Å². The van der Waals surface area contributed by atoms with Gasteiger partial charge in [-0.15, -0.1) is 5.10 Å². The van der Waals surface area contributed by atoms with E-state index in [1.807, 2.05) is 36.2 Å². The number of aromatic nitrogens is 3. The molecule has 4 aliphatic rings. The molecule has 6 heteroatoms. The molecule has 0 spiro atoms. The summed E-state index contributed by atoms with van der Waals surface area (Å²) in [6, 6.07) is 7.66. The van der Waals surface area contributed by atoms with E-state index in [0.29, 0.717) is 22.7 Å². The quantitative estimate of drug-likeness (QED) is 0.693. The lowest BCUT2D eigenvalue weighted by Crippen LogP contribution is -2.47. The molecular formula is C23H29ClN4O. The van der Waals surface area contributed by atoms with Crippen LogP contribution in [0.2, 0.25) is 5.02 Å². The molecule has 1 aromatic carbocycles. The smallest absolute Gasteiger partial charge is 0.275 e. The first kappa shape index (κ1) is 19.1. The summed E-state index contributed by atoms with van der Waals surface area (Å²) in [5.41, 5.74) is 1.95. The summed E-state index contributed by atoms with van der Waals surface area (Å²) < 4.78 is 1.70. The molecule has 4 saturated carbocycles. The molecule has 6 rings (SSSR count). The number of rotatable bonds is 6. The van der Waals surface area contributed by atoms with E-state index in [4.69, 9.17) is 11.6 Å². The minimum Gasteiger partial charge on any atom is -0.340 e. The molecule has 1 amide bonds. The van der Waals surface area contributed by atoms with E-state index >= 15 is 0 Å². The number of hydrogen-bond donors (Lipinski definition) is 0. The number of carbonyl (C=O) groups is 1. The lowest BCUT2D eigenvalue weighted by Gasteiger charge is -2.57. The molecular weight excluding hydrogens is 384 g/mol. The minimum atomic E-state index is -0.0351. The molecule has 5 nitrogen and oxygen atoms in total. The van der Waals surface area contributed by atoms with Crippen LogP contribution in [0.25, 0.3) is 0 Å². The molecule has 4 fully saturated rings. The van der Waals surface area contributed by atoms with Crippen LogP contribution in [0.4, 0.5) is 0 Å². The van der Waals surface area contributed by atoms with E-state index < -0.39 is 0 Å². The van der Waals surface area contributed by atoms with Crippen molar-refractivity contribution in [2.24, 2.45) is 23.2 Å². The molecule has 1 aromatic heterocycles. The van der Waals surface area contributed by atoms with Crippen LogP contribution in [0, 0.1) is 23.2 Å². The average molecular weight is 413 g/mol. The molecule has 2 aromatic rings. The van der Waals surface area contributed by atoms with Crippen LogP contribution < -0.4 is 0 Å². The molecule has 0 atom stereocenters. The van der Waals surface area contributed by atoms with Crippen LogP contribution >= 0.6 is 11.6 Å². The molecule has 0 aliphatic heterocycles. The van der Waals surface area contributed by atoms with Gasteiger partial charge in [0, 0.05) is 18.6 Å². The second kappa shape index (κ2) is 7.42. The molecule has 0 radical (unpaired) electrons. The summed E-state index contributed by atoms with van der Waals surface area (Å²) >= 11 is 6.05. The van der Waals surface area contributed by atoms with Gasteiger partial charge in [0.05, 0.1) is 12.7 Å². The maximum absolute atomic E-state index is 12.9. The molecule has 4 bridgehead atoms. The fourth-order valence-electron chi connectivity index (χ4n) is 6.59. The van der Waals surface area contributed by atoms with Crippen LogP contribution in [0.1, 0.15) is 61.0 Å². The Balaban J connectivity index is 1.19. The third-order valence-corrected chi connectivity index (χ3v) is 7.72. The third-order valence-electron chi connectivity index (χ3n) is 7.48. The van der Waals surface area contributed by atoms with Crippen molar-refractivity contribution in [1.82, 2.24) is 19.9 Å². The topological polar surface area (TPSA) is 51.0 Å². The summed E-state index contributed by atoms with van der Waals surface area (Å²) in [6.07, 6.45) is 11.4. The highest BCUT2D eigenvalue weighted by Gasteiger charge is 2.50. The van der Waals surface area contributed by atoms with Crippen molar-refractivity contribution in [2.75, 3.05) is 13.6 Å². The number of hydrogen-bond acceptors (Lipinski definition) is 3. The lowest BCUT2D eigenvalue weighted by molar-refractivity contribution is -0.0593. The second-order valence-corrected chi connectivity index (χ2v) is 10.3. The Kier molecular flexibility index (Phi) is 4.89. The van der Waals surface area contributed by atoms with Gasteiger partial charge in [0.25, 0.3) is 5.91 Å². The van der Waals surface area contributed by atoms with Gasteiger partial charge in [-0.25, -0.2) is 4.68 Å². The van der Waals surface area contributed by atoms with Crippen LogP contribution in [0.5, 0.6) is 0 Å². The zero-order valence-corrected chi connectivity index (χ0v) is 17.8. The van der Waals surface area contributed by atoms with Crippen LogP contribution in [-0.2, 0) is 6.54 Å². The number of halogens is 1. The molecule has 29 heavy (non-hydrogen) atoms. The first-order valence-electron chi connectivity index (χ1n) is 10.9. The second-order valence-electron chi connectivity index (χ2n) is 9.83. The van der Waals surface area contributed by atoms with Gasteiger partial charge in [0.15, 0.2) is 5.69 Å². The maximum Gasteiger partial charge on any atom is 0.275 e. The van der Waals surface area contributed by atoms with E-state index in [1.54, 1.807) is 10.9 Å². The molecule has 0 N–H and O–H groups in total. The molecule has 0 unspecified atom stereocenters. The highest BCUT2D eigenvalue weighted by Crippen LogP contribution is 2.61. The van der Waals surface area contributed by atoms with Gasteiger partial charge in [-0.2, -0.15) is 0 Å².